The average Bonchev–Trinajstić information content (AvgIpc) is 2.83. The number of rotatable bonds is 2. The number of hydrogen-bond acceptors (Lipinski definition) is 3. The molecule has 22 heavy (non-hydrogen) atoms. The lowest BCUT2D eigenvalue weighted by molar-refractivity contribution is -0.114. The molecule has 0 spiro atoms. The van der Waals surface area contributed by atoms with Crippen LogP contribution in [0.2, 0.25) is 0 Å². The number of fused-ring (bicyclic) bond motifs is 1. The van der Waals surface area contributed by atoms with E-state index in [2.05, 4.69) is 10.3 Å². The van der Waals surface area contributed by atoms with Gasteiger partial charge in [0.1, 0.15) is 15.8 Å². The molecule has 112 valence electrons. The van der Waals surface area contributed by atoms with Gasteiger partial charge in [-0.05, 0) is 13.0 Å². The van der Waals surface area contributed by atoms with Crippen molar-refractivity contribution in [2.45, 2.75) is 6.92 Å². The molecule has 6 heteroatoms. The number of aryl methyl sites for hydroxylation is 1. The van der Waals surface area contributed by atoms with Crippen LogP contribution in [0.3, 0.4) is 0 Å². The minimum Gasteiger partial charge on any atom is -0.384 e. The van der Waals surface area contributed by atoms with Crippen LogP contribution in [0.5, 0.6) is 0 Å². The monoisotopic (exact) mass is 334 g/mol. The second-order valence-corrected chi connectivity index (χ2v) is 5.71. The van der Waals surface area contributed by atoms with Gasteiger partial charge in [-0.3, -0.25) is 9.59 Å². The number of likely N-dealkylation sites (N-methyl/N-ethyl adjacent to an activating group) is 1. The molecular formula is C16H12Cl2N2O2. The van der Waals surface area contributed by atoms with Crippen molar-refractivity contribution < 1.29 is 9.59 Å². The largest absolute Gasteiger partial charge is 0.384 e. The van der Waals surface area contributed by atoms with E-state index in [1.807, 2.05) is 31.2 Å². The van der Waals surface area contributed by atoms with Gasteiger partial charge in [-0.15, -0.1) is 0 Å². The highest BCUT2D eigenvalue weighted by Gasteiger charge is 2.35. The Morgan fingerprint density at radius 2 is 1.73 bits per heavy atom. The molecule has 0 saturated carbocycles. The molecule has 0 aliphatic heterocycles. The first-order valence-electron chi connectivity index (χ1n) is 6.61. The molecule has 3 rings (SSSR count). The Morgan fingerprint density at radius 3 is 2.41 bits per heavy atom. The normalized spacial score (nSPS) is 16.0. The lowest BCUT2D eigenvalue weighted by Gasteiger charge is -2.18. The summed E-state index contributed by atoms with van der Waals surface area (Å²) in [5.74, 6) is -0.933. The maximum absolute atomic E-state index is 12.6. The number of H-pyrrole nitrogens is 1. The summed E-state index contributed by atoms with van der Waals surface area (Å²) in [6.07, 6.45) is 0. The number of nitrogens with one attached hydrogen (secondary N) is 2. The number of ketones is 2. The number of Topliss-reactive ketones (excluding diaryl/α,β-unsaturated/α-hetero) is 2. The van der Waals surface area contributed by atoms with E-state index in [1.165, 1.54) is 7.05 Å². The fourth-order valence-electron chi connectivity index (χ4n) is 2.69. The van der Waals surface area contributed by atoms with E-state index in [1.54, 1.807) is 0 Å². The summed E-state index contributed by atoms with van der Waals surface area (Å²) in [5.41, 5.74) is 2.41. The molecule has 2 N–H and O–H groups in total. The van der Waals surface area contributed by atoms with Crippen molar-refractivity contribution in [3.8, 4) is 0 Å². The van der Waals surface area contributed by atoms with Crippen LogP contribution in [-0.4, -0.2) is 23.6 Å². The van der Waals surface area contributed by atoms with Crippen LogP contribution in [0.15, 0.2) is 40.0 Å². The van der Waals surface area contributed by atoms with Crippen molar-refractivity contribution in [3.63, 3.8) is 0 Å². The minimum atomic E-state index is -0.478. The number of hydrogen-bond donors (Lipinski definition) is 2. The van der Waals surface area contributed by atoms with Crippen molar-refractivity contribution in [1.82, 2.24) is 10.3 Å². The molecule has 0 radical (unpaired) electrons. The van der Waals surface area contributed by atoms with Gasteiger partial charge in [-0.2, -0.15) is 0 Å². The molecule has 1 aliphatic carbocycles. The van der Waals surface area contributed by atoms with Gasteiger partial charge in [0.2, 0.25) is 11.6 Å². The second kappa shape index (κ2) is 5.30. The van der Waals surface area contributed by atoms with E-state index in [4.69, 9.17) is 23.2 Å². The van der Waals surface area contributed by atoms with Crippen molar-refractivity contribution in [2.75, 3.05) is 7.05 Å². The standard InChI is InChI=1S/C16H12Cl2N2O2/c1-7-10(8-5-3-4-6-9(8)20-7)11-12(17)16(22)14(19-2)13(18)15(11)21/h3-6,19-20H,1-2H3. The first-order chi connectivity index (χ1) is 10.5. The second-order valence-electron chi connectivity index (χ2n) is 4.96. The topological polar surface area (TPSA) is 62.0 Å². The Bertz CT molecular complexity index is 891. The molecule has 0 saturated heterocycles. The van der Waals surface area contributed by atoms with Crippen LogP contribution in [0, 0.1) is 6.92 Å². The molecular weight excluding hydrogens is 323 g/mol. The number of aromatic nitrogens is 1. The summed E-state index contributed by atoms with van der Waals surface area (Å²) >= 11 is 12.2. The molecule has 0 atom stereocenters. The van der Waals surface area contributed by atoms with Gasteiger partial charge in [-0.25, -0.2) is 0 Å². The summed E-state index contributed by atoms with van der Waals surface area (Å²) in [6, 6.07) is 7.51. The van der Waals surface area contributed by atoms with E-state index in [0.717, 1.165) is 16.6 Å². The molecule has 0 bridgehead atoms. The Balaban J connectivity index is 2.31. The van der Waals surface area contributed by atoms with Crippen LogP contribution in [-0.2, 0) is 9.59 Å². The van der Waals surface area contributed by atoms with E-state index < -0.39 is 11.6 Å². The summed E-state index contributed by atoms with van der Waals surface area (Å²) in [7, 11) is 1.52. The van der Waals surface area contributed by atoms with E-state index in [-0.39, 0.29) is 21.3 Å². The lowest BCUT2D eigenvalue weighted by Crippen LogP contribution is -2.26. The maximum atomic E-state index is 12.6. The first-order valence-corrected chi connectivity index (χ1v) is 7.37. The first kappa shape index (κ1) is 14.9. The quantitative estimate of drug-likeness (QED) is 0.828. The highest BCUT2D eigenvalue weighted by atomic mass is 35.5. The number of carbonyl (C=O) groups excluding carboxylic acids is 2. The number of halogens is 2. The Morgan fingerprint density at radius 1 is 1.05 bits per heavy atom. The average molecular weight is 335 g/mol. The van der Waals surface area contributed by atoms with Gasteiger partial charge in [0.25, 0.3) is 0 Å². The van der Waals surface area contributed by atoms with Gasteiger partial charge in [0.05, 0.1) is 5.57 Å². The van der Waals surface area contributed by atoms with Gasteiger partial charge in [0.15, 0.2) is 0 Å². The Kier molecular flexibility index (Phi) is 3.59. The summed E-state index contributed by atoms with van der Waals surface area (Å²) in [4.78, 5) is 28.1. The Hall–Kier alpha value is -2.04. The predicted octanol–water partition coefficient (Wildman–Crippen LogP) is 3.25. The number of benzene rings is 1. The molecule has 1 aliphatic rings. The third kappa shape index (κ3) is 1.99. The molecule has 1 heterocycles. The van der Waals surface area contributed by atoms with Crippen molar-refractivity contribution in [3.05, 3.63) is 51.3 Å². The SMILES string of the molecule is CNC1=C(Cl)C(=O)C(c2c(C)[nH]c3ccccc23)=C(Cl)C1=O. The molecule has 1 aromatic heterocycles. The number of para-hydroxylation sites is 1. The number of allylic oxidation sites excluding steroid dienone is 3. The van der Waals surface area contributed by atoms with Crippen LogP contribution in [0.1, 0.15) is 11.3 Å². The molecule has 0 unspecified atom stereocenters. The van der Waals surface area contributed by atoms with Crippen LogP contribution in [0.25, 0.3) is 16.5 Å². The minimum absolute atomic E-state index is 0.0258. The van der Waals surface area contributed by atoms with Crippen molar-refractivity contribution in [2.24, 2.45) is 0 Å². The van der Waals surface area contributed by atoms with E-state index >= 15 is 0 Å². The predicted molar refractivity (Wildman–Crippen MR) is 87.8 cm³/mol. The smallest absolute Gasteiger partial charge is 0.222 e. The van der Waals surface area contributed by atoms with Crippen molar-refractivity contribution in [1.29, 1.82) is 0 Å². The van der Waals surface area contributed by atoms with Gasteiger partial charge < -0.3 is 10.3 Å². The summed E-state index contributed by atoms with van der Waals surface area (Å²) < 4.78 is 0. The van der Waals surface area contributed by atoms with Gasteiger partial charge in [0, 0.05) is 29.2 Å². The van der Waals surface area contributed by atoms with Gasteiger partial charge >= 0.3 is 0 Å². The van der Waals surface area contributed by atoms with Crippen molar-refractivity contribution >= 4 is 51.2 Å². The van der Waals surface area contributed by atoms with E-state index in [9.17, 15) is 9.59 Å². The molecule has 0 fully saturated rings. The van der Waals surface area contributed by atoms with Crippen LogP contribution >= 0.6 is 23.2 Å². The zero-order valence-corrected chi connectivity index (χ0v) is 13.4. The number of aromatic amines is 1. The van der Waals surface area contributed by atoms with Crippen LogP contribution in [0.4, 0.5) is 0 Å². The van der Waals surface area contributed by atoms with Crippen LogP contribution < -0.4 is 5.32 Å². The number of carbonyl (C=O) groups is 2. The third-order valence-electron chi connectivity index (χ3n) is 3.69. The highest BCUT2D eigenvalue weighted by molar-refractivity contribution is 6.63. The molecule has 4 nitrogen and oxygen atoms in total. The Labute approximate surface area is 136 Å². The highest BCUT2D eigenvalue weighted by Crippen LogP contribution is 2.38. The zero-order valence-electron chi connectivity index (χ0n) is 11.9. The molecule has 0 amide bonds. The fourth-order valence-corrected chi connectivity index (χ4v) is 3.24. The summed E-state index contributed by atoms with van der Waals surface area (Å²) in [6.45, 7) is 1.83. The zero-order chi connectivity index (χ0) is 16.0. The molecule has 1 aromatic carbocycles. The van der Waals surface area contributed by atoms with E-state index in [0.29, 0.717) is 5.56 Å². The fraction of sp³-hybridized carbons (Fsp3) is 0.125. The lowest BCUT2D eigenvalue weighted by atomic mass is 9.92. The summed E-state index contributed by atoms with van der Waals surface area (Å²) in [5, 5.41) is 3.20. The maximum Gasteiger partial charge on any atom is 0.222 e. The molecule has 2 aromatic rings. The van der Waals surface area contributed by atoms with Gasteiger partial charge in [-0.1, -0.05) is 41.4 Å². The third-order valence-corrected chi connectivity index (χ3v) is 4.41.